The van der Waals surface area contributed by atoms with Gasteiger partial charge < -0.3 is 0 Å². The van der Waals surface area contributed by atoms with E-state index in [0.29, 0.717) is 4.83 Å². The van der Waals surface area contributed by atoms with E-state index >= 15 is 0 Å². The SMILES string of the molecule is CCc1ccc(C(Br)c2cc(C)cc(C)c2)s1. The second-order valence-electron chi connectivity index (χ2n) is 4.44. The van der Waals surface area contributed by atoms with Crippen LogP contribution in [0, 0.1) is 13.8 Å². The summed E-state index contributed by atoms with van der Waals surface area (Å²) in [6, 6.07) is 11.2. The Morgan fingerprint density at radius 3 is 2.29 bits per heavy atom. The fraction of sp³-hybridized carbons (Fsp3) is 0.333. The molecule has 90 valence electrons. The number of hydrogen-bond acceptors (Lipinski definition) is 1. The number of rotatable bonds is 3. The maximum Gasteiger partial charge on any atom is 0.0738 e. The van der Waals surface area contributed by atoms with Crippen molar-refractivity contribution < 1.29 is 0 Å². The van der Waals surface area contributed by atoms with E-state index in [0.717, 1.165) is 6.42 Å². The fourth-order valence-corrected chi connectivity index (χ4v) is 3.70. The smallest absolute Gasteiger partial charge is 0.0738 e. The van der Waals surface area contributed by atoms with E-state index in [1.165, 1.54) is 26.4 Å². The highest BCUT2D eigenvalue weighted by molar-refractivity contribution is 9.09. The van der Waals surface area contributed by atoms with Crippen LogP contribution in [0.25, 0.3) is 0 Å². The molecule has 0 saturated carbocycles. The van der Waals surface area contributed by atoms with Crippen molar-refractivity contribution in [3.05, 3.63) is 56.8 Å². The Labute approximate surface area is 116 Å². The zero-order valence-electron chi connectivity index (χ0n) is 10.5. The van der Waals surface area contributed by atoms with E-state index in [2.05, 4.69) is 67.0 Å². The molecule has 0 aliphatic carbocycles. The predicted octanol–water partition coefficient (Wildman–Crippen LogP) is 5.41. The van der Waals surface area contributed by atoms with Gasteiger partial charge in [-0.25, -0.2) is 0 Å². The van der Waals surface area contributed by atoms with Crippen LogP contribution in [0.3, 0.4) is 0 Å². The Morgan fingerprint density at radius 2 is 1.76 bits per heavy atom. The lowest BCUT2D eigenvalue weighted by molar-refractivity contribution is 1.19. The normalized spacial score (nSPS) is 12.7. The third-order valence-corrected chi connectivity index (χ3v) is 5.44. The van der Waals surface area contributed by atoms with E-state index in [1.54, 1.807) is 0 Å². The maximum absolute atomic E-state index is 3.82. The van der Waals surface area contributed by atoms with Crippen molar-refractivity contribution in [2.75, 3.05) is 0 Å². The monoisotopic (exact) mass is 308 g/mol. The van der Waals surface area contributed by atoms with Crippen molar-refractivity contribution in [3.63, 3.8) is 0 Å². The zero-order chi connectivity index (χ0) is 12.4. The van der Waals surface area contributed by atoms with Gasteiger partial charge in [-0.15, -0.1) is 11.3 Å². The summed E-state index contributed by atoms with van der Waals surface area (Å²) < 4.78 is 0. The molecule has 0 aliphatic heterocycles. The summed E-state index contributed by atoms with van der Waals surface area (Å²) in [6.07, 6.45) is 1.12. The molecule has 1 aromatic carbocycles. The summed E-state index contributed by atoms with van der Waals surface area (Å²) in [5, 5.41) is 0. The van der Waals surface area contributed by atoms with Crippen LogP contribution in [0.15, 0.2) is 30.3 Å². The molecule has 0 aliphatic rings. The summed E-state index contributed by atoms with van der Waals surface area (Å²) in [7, 11) is 0. The average molecular weight is 309 g/mol. The molecule has 1 atom stereocenters. The van der Waals surface area contributed by atoms with Crippen LogP contribution < -0.4 is 0 Å². The summed E-state index contributed by atoms with van der Waals surface area (Å²) in [5.74, 6) is 0. The van der Waals surface area contributed by atoms with E-state index in [1.807, 2.05) is 11.3 Å². The molecule has 0 amide bonds. The van der Waals surface area contributed by atoms with Gasteiger partial charge in [0.15, 0.2) is 0 Å². The summed E-state index contributed by atoms with van der Waals surface area (Å²) >= 11 is 5.72. The Balaban J connectivity index is 2.32. The molecule has 0 radical (unpaired) electrons. The Hall–Kier alpha value is -0.600. The molecule has 0 nitrogen and oxygen atoms in total. The molecule has 2 heteroatoms. The van der Waals surface area contributed by atoms with Gasteiger partial charge in [0.2, 0.25) is 0 Å². The molecule has 0 fully saturated rings. The first kappa shape index (κ1) is 12.8. The van der Waals surface area contributed by atoms with Crippen LogP contribution >= 0.6 is 27.3 Å². The second-order valence-corrected chi connectivity index (χ2v) is 6.56. The molecule has 1 aromatic heterocycles. The Kier molecular flexibility index (Phi) is 4.05. The first-order valence-corrected chi connectivity index (χ1v) is 7.64. The third kappa shape index (κ3) is 2.99. The lowest BCUT2D eigenvalue weighted by Gasteiger charge is -2.10. The molecular formula is C15H17BrS. The molecule has 2 rings (SSSR count). The predicted molar refractivity (Wildman–Crippen MR) is 80.4 cm³/mol. The first-order valence-electron chi connectivity index (χ1n) is 5.91. The Morgan fingerprint density at radius 1 is 1.12 bits per heavy atom. The molecule has 1 unspecified atom stereocenters. The van der Waals surface area contributed by atoms with E-state index in [9.17, 15) is 0 Å². The summed E-state index contributed by atoms with van der Waals surface area (Å²) in [4.78, 5) is 3.17. The van der Waals surface area contributed by atoms with Gasteiger partial charge in [0, 0.05) is 9.75 Å². The molecule has 2 aromatic rings. The number of hydrogen-bond donors (Lipinski definition) is 0. The molecule has 0 saturated heterocycles. The van der Waals surface area contributed by atoms with Crippen molar-refractivity contribution in [1.29, 1.82) is 0 Å². The van der Waals surface area contributed by atoms with E-state index in [4.69, 9.17) is 0 Å². The molecule has 17 heavy (non-hydrogen) atoms. The van der Waals surface area contributed by atoms with Crippen LogP contribution in [-0.4, -0.2) is 0 Å². The highest BCUT2D eigenvalue weighted by Gasteiger charge is 2.13. The van der Waals surface area contributed by atoms with Crippen molar-refractivity contribution in [3.8, 4) is 0 Å². The van der Waals surface area contributed by atoms with Gasteiger partial charge >= 0.3 is 0 Å². The lowest BCUT2D eigenvalue weighted by Crippen LogP contribution is -1.91. The van der Waals surface area contributed by atoms with Crippen LogP contribution in [0.5, 0.6) is 0 Å². The minimum absolute atomic E-state index is 0.325. The highest BCUT2D eigenvalue weighted by Crippen LogP contribution is 2.36. The van der Waals surface area contributed by atoms with Crippen molar-refractivity contribution >= 4 is 27.3 Å². The van der Waals surface area contributed by atoms with Gasteiger partial charge in [-0.1, -0.05) is 52.2 Å². The quantitative estimate of drug-likeness (QED) is 0.665. The molecular weight excluding hydrogens is 292 g/mol. The standard InChI is InChI=1S/C15H17BrS/c1-4-13-5-6-14(17-13)15(16)12-8-10(2)7-11(3)9-12/h5-9,15H,4H2,1-3H3. The van der Waals surface area contributed by atoms with Gasteiger partial charge in [-0.05, 0) is 38.0 Å². The molecule has 0 spiro atoms. The highest BCUT2D eigenvalue weighted by atomic mass is 79.9. The largest absolute Gasteiger partial charge is 0.144 e. The van der Waals surface area contributed by atoms with Crippen molar-refractivity contribution in [1.82, 2.24) is 0 Å². The maximum atomic E-state index is 3.82. The topological polar surface area (TPSA) is 0 Å². The molecule has 0 bridgehead atoms. The van der Waals surface area contributed by atoms with Crippen molar-refractivity contribution in [2.24, 2.45) is 0 Å². The van der Waals surface area contributed by atoms with Crippen LogP contribution in [0.4, 0.5) is 0 Å². The number of benzene rings is 1. The number of aryl methyl sites for hydroxylation is 3. The van der Waals surface area contributed by atoms with Crippen LogP contribution in [-0.2, 0) is 6.42 Å². The molecule has 1 heterocycles. The van der Waals surface area contributed by atoms with Crippen LogP contribution in [0.1, 0.15) is 38.2 Å². The van der Waals surface area contributed by atoms with Crippen LogP contribution in [0.2, 0.25) is 0 Å². The van der Waals surface area contributed by atoms with E-state index in [-0.39, 0.29) is 0 Å². The number of alkyl halides is 1. The third-order valence-electron chi connectivity index (χ3n) is 2.82. The lowest BCUT2D eigenvalue weighted by atomic mass is 10.0. The second kappa shape index (κ2) is 5.36. The summed E-state index contributed by atoms with van der Waals surface area (Å²) in [5.41, 5.74) is 4.01. The van der Waals surface area contributed by atoms with Crippen molar-refractivity contribution in [2.45, 2.75) is 32.0 Å². The van der Waals surface area contributed by atoms with Gasteiger partial charge in [-0.3, -0.25) is 0 Å². The minimum Gasteiger partial charge on any atom is -0.144 e. The Bertz CT molecular complexity index is 493. The van der Waals surface area contributed by atoms with E-state index < -0.39 is 0 Å². The molecule has 0 N–H and O–H groups in total. The number of halogens is 1. The van der Waals surface area contributed by atoms with Gasteiger partial charge in [0.05, 0.1) is 4.83 Å². The van der Waals surface area contributed by atoms with Gasteiger partial charge in [0.1, 0.15) is 0 Å². The van der Waals surface area contributed by atoms with Gasteiger partial charge in [-0.2, -0.15) is 0 Å². The number of thiophene rings is 1. The average Bonchev–Trinajstić information content (AvgIpc) is 2.75. The minimum atomic E-state index is 0.325. The first-order chi connectivity index (χ1) is 8.10. The van der Waals surface area contributed by atoms with Gasteiger partial charge in [0.25, 0.3) is 0 Å². The fourth-order valence-electron chi connectivity index (χ4n) is 2.04. The zero-order valence-corrected chi connectivity index (χ0v) is 12.9. The summed E-state index contributed by atoms with van der Waals surface area (Å²) in [6.45, 7) is 6.51.